The Bertz CT molecular complexity index is 1220. The smallest absolute Gasteiger partial charge is 0.209 e. The van der Waals surface area contributed by atoms with Gasteiger partial charge in [0.05, 0.1) is 17.1 Å². The Morgan fingerprint density at radius 1 is 0.929 bits per heavy atom. The van der Waals surface area contributed by atoms with Gasteiger partial charge in [-0.25, -0.2) is 9.37 Å². The van der Waals surface area contributed by atoms with Crippen LogP contribution in [0.1, 0.15) is 28.3 Å². The quantitative estimate of drug-likeness (QED) is 0.480. The molecular formula is C24H20FN3. The Morgan fingerprint density at radius 3 is 2.50 bits per heavy atom. The molecule has 3 aromatic carbocycles. The molecule has 3 nitrogen and oxygen atoms in total. The molecule has 0 fully saturated rings. The normalized spacial score (nSPS) is 15.8. The van der Waals surface area contributed by atoms with E-state index in [1.54, 1.807) is 0 Å². The van der Waals surface area contributed by atoms with Crippen molar-refractivity contribution < 1.29 is 4.39 Å². The first kappa shape index (κ1) is 16.8. The van der Waals surface area contributed by atoms with Crippen LogP contribution < -0.4 is 5.32 Å². The summed E-state index contributed by atoms with van der Waals surface area (Å²) in [4.78, 5) is 4.80. The predicted octanol–water partition coefficient (Wildman–Crippen LogP) is 5.85. The maximum Gasteiger partial charge on any atom is 0.209 e. The molecular weight excluding hydrogens is 349 g/mol. The topological polar surface area (TPSA) is 29.9 Å². The number of aryl methyl sites for hydroxylation is 2. The number of allylic oxidation sites excluding steroid dienone is 1. The fraction of sp³-hybridized carbons (Fsp3) is 0.125. The number of nitrogens with zero attached hydrogens (tertiary/aromatic N) is 2. The summed E-state index contributed by atoms with van der Waals surface area (Å²) in [7, 11) is 0. The van der Waals surface area contributed by atoms with Crippen LogP contribution in [0.5, 0.6) is 0 Å². The van der Waals surface area contributed by atoms with Gasteiger partial charge in [0.25, 0.3) is 0 Å². The van der Waals surface area contributed by atoms with E-state index in [4.69, 9.17) is 4.98 Å². The van der Waals surface area contributed by atoms with Crippen molar-refractivity contribution in [1.82, 2.24) is 9.55 Å². The lowest BCUT2D eigenvalue weighted by atomic mass is 9.99. The van der Waals surface area contributed by atoms with E-state index in [0.29, 0.717) is 0 Å². The van der Waals surface area contributed by atoms with Gasteiger partial charge in [-0.1, -0.05) is 36.4 Å². The van der Waals surface area contributed by atoms with Crippen LogP contribution in [0.15, 0.2) is 72.8 Å². The molecule has 4 heteroatoms. The maximum absolute atomic E-state index is 13.5. The lowest BCUT2D eigenvalue weighted by molar-refractivity contribution is 0.624. The van der Waals surface area contributed by atoms with Gasteiger partial charge in [0.15, 0.2) is 0 Å². The summed E-state index contributed by atoms with van der Waals surface area (Å²) in [5, 5.41) is 3.50. The second kappa shape index (κ2) is 6.34. The molecule has 0 aliphatic carbocycles. The number of aromatic nitrogens is 2. The second-order valence-electron chi connectivity index (χ2n) is 7.29. The van der Waals surface area contributed by atoms with Gasteiger partial charge < -0.3 is 5.32 Å². The van der Waals surface area contributed by atoms with Gasteiger partial charge in [0, 0.05) is 5.70 Å². The molecule has 1 atom stereocenters. The predicted molar refractivity (Wildman–Crippen MR) is 112 cm³/mol. The summed E-state index contributed by atoms with van der Waals surface area (Å²) in [6, 6.07) is 21.2. The first-order valence-corrected chi connectivity index (χ1v) is 9.39. The minimum Gasteiger partial charge on any atom is -0.325 e. The molecule has 2 heterocycles. The van der Waals surface area contributed by atoms with Crippen molar-refractivity contribution in [3.05, 3.63) is 101 Å². The Labute approximate surface area is 163 Å². The standard InChI is InChI=1S/C24H20FN3/c1-15-7-8-18(13-16(15)2)21-14-23(17-9-11-19(25)12-10-17)28-22-6-4-3-5-20(22)26-24(28)27-21/h3-14,23H,1-2H3,(H,26,27)/t23-/m1/s1. The van der Waals surface area contributed by atoms with Crippen molar-refractivity contribution in [3.63, 3.8) is 0 Å². The third kappa shape index (κ3) is 2.69. The molecule has 0 radical (unpaired) electrons. The average molecular weight is 369 g/mol. The monoisotopic (exact) mass is 369 g/mol. The van der Waals surface area contributed by atoms with Crippen molar-refractivity contribution in [2.24, 2.45) is 0 Å². The molecule has 0 unspecified atom stereocenters. The number of halogens is 1. The van der Waals surface area contributed by atoms with E-state index in [1.165, 1.54) is 23.3 Å². The summed E-state index contributed by atoms with van der Waals surface area (Å²) < 4.78 is 15.7. The fourth-order valence-corrected chi connectivity index (χ4v) is 3.79. The SMILES string of the molecule is Cc1ccc(C2=C[C@H](c3ccc(F)cc3)n3c(nc4ccccc43)N2)cc1C. The number of hydrogen-bond acceptors (Lipinski definition) is 2. The van der Waals surface area contributed by atoms with E-state index in [9.17, 15) is 4.39 Å². The molecule has 1 aliphatic heterocycles. The molecule has 5 rings (SSSR count). The highest BCUT2D eigenvalue weighted by Crippen LogP contribution is 2.37. The maximum atomic E-state index is 13.5. The first-order chi connectivity index (χ1) is 13.6. The van der Waals surface area contributed by atoms with Gasteiger partial charge in [0.1, 0.15) is 5.82 Å². The lowest BCUT2D eigenvalue weighted by Crippen LogP contribution is -2.19. The lowest BCUT2D eigenvalue weighted by Gasteiger charge is -2.27. The van der Waals surface area contributed by atoms with Crippen molar-refractivity contribution in [2.75, 3.05) is 5.32 Å². The Kier molecular flexibility index (Phi) is 3.79. The highest BCUT2D eigenvalue weighted by Gasteiger charge is 2.25. The Morgan fingerprint density at radius 2 is 1.71 bits per heavy atom. The van der Waals surface area contributed by atoms with Gasteiger partial charge in [-0.3, -0.25) is 4.57 Å². The van der Waals surface area contributed by atoms with E-state index in [-0.39, 0.29) is 11.9 Å². The molecule has 1 aliphatic rings. The molecule has 4 aromatic rings. The van der Waals surface area contributed by atoms with Gasteiger partial charge >= 0.3 is 0 Å². The van der Waals surface area contributed by atoms with Crippen LogP contribution in [0, 0.1) is 19.7 Å². The van der Waals surface area contributed by atoms with Crippen molar-refractivity contribution in [1.29, 1.82) is 0 Å². The number of benzene rings is 3. The number of para-hydroxylation sites is 2. The molecule has 0 bridgehead atoms. The zero-order valence-corrected chi connectivity index (χ0v) is 15.8. The number of nitrogens with one attached hydrogen (secondary N) is 1. The molecule has 138 valence electrons. The molecule has 28 heavy (non-hydrogen) atoms. The highest BCUT2D eigenvalue weighted by atomic mass is 19.1. The van der Waals surface area contributed by atoms with E-state index in [1.807, 2.05) is 30.3 Å². The number of imidazole rings is 1. The summed E-state index contributed by atoms with van der Waals surface area (Å²) in [5.74, 6) is 0.568. The molecule has 0 amide bonds. The zero-order valence-electron chi connectivity index (χ0n) is 15.8. The van der Waals surface area contributed by atoms with E-state index < -0.39 is 0 Å². The number of fused-ring (bicyclic) bond motifs is 3. The van der Waals surface area contributed by atoms with Crippen LogP contribution in [0.25, 0.3) is 16.7 Å². The van der Waals surface area contributed by atoms with Crippen LogP contribution in [0.3, 0.4) is 0 Å². The Hall–Kier alpha value is -3.40. The molecule has 0 saturated carbocycles. The van der Waals surface area contributed by atoms with E-state index in [2.05, 4.69) is 54.1 Å². The average Bonchev–Trinajstić information content (AvgIpc) is 3.08. The summed E-state index contributed by atoms with van der Waals surface area (Å²) in [6.45, 7) is 4.23. The van der Waals surface area contributed by atoms with Crippen LogP contribution in [-0.2, 0) is 0 Å². The second-order valence-corrected chi connectivity index (χ2v) is 7.29. The fourth-order valence-electron chi connectivity index (χ4n) is 3.79. The summed E-state index contributed by atoms with van der Waals surface area (Å²) in [5.41, 5.74) is 7.66. The van der Waals surface area contributed by atoms with Crippen LogP contribution in [0.2, 0.25) is 0 Å². The van der Waals surface area contributed by atoms with Gasteiger partial charge in [-0.2, -0.15) is 0 Å². The van der Waals surface area contributed by atoms with Gasteiger partial charge in [-0.15, -0.1) is 0 Å². The largest absolute Gasteiger partial charge is 0.325 e. The van der Waals surface area contributed by atoms with Gasteiger partial charge in [0.2, 0.25) is 5.95 Å². The Balaban J connectivity index is 1.71. The number of rotatable bonds is 2. The first-order valence-electron chi connectivity index (χ1n) is 9.39. The minimum absolute atomic E-state index is 0.0686. The zero-order chi connectivity index (χ0) is 19.3. The van der Waals surface area contributed by atoms with Crippen LogP contribution in [-0.4, -0.2) is 9.55 Å². The third-order valence-electron chi connectivity index (χ3n) is 5.47. The van der Waals surface area contributed by atoms with Crippen molar-refractivity contribution >= 4 is 22.7 Å². The van der Waals surface area contributed by atoms with Crippen molar-refractivity contribution in [2.45, 2.75) is 19.9 Å². The third-order valence-corrected chi connectivity index (χ3v) is 5.47. The van der Waals surface area contributed by atoms with E-state index in [0.717, 1.165) is 33.8 Å². The highest BCUT2D eigenvalue weighted by molar-refractivity contribution is 5.85. The molecule has 1 N–H and O–H groups in total. The van der Waals surface area contributed by atoms with Crippen molar-refractivity contribution in [3.8, 4) is 0 Å². The van der Waals surface area contributed by atoms with Crippen LogP contribution in [0.4, 0.5) is 10.3 Å². The molecule has 0 spiro atoms. The number of anilines is 1. The number of hydrogen-bond donors (Lipinski definition) is 1. The summed E-state index contributed by atoms with van der Waals surface area (Å²) >= 11 is 0. The van der Waals surface area contributed by atoms with Crippen LogP contribution >= 0.6 is 0 Å². The molecule has 1 aromatic heterocycles. The minimum atomic E-state index is -0.230. The molecule has 0 saturated heterocycles. The summed E-state index contributed by atoms with van der Waals surface area (Å²) in [6.07, 6.45) is 2.19. The van der Waals surface area contributed by atoms with Gasteiger partial charge in [-0.05, 0) is 72.5 Å². The van der Waals surface area contributed by atoms with E-state index >= 15 is 0 Å².